The average molecular weight is 388 g/mol. The van der Waals surface area contributed by atoms with Gasteiger partial charge in [-0.05, 0) is 41.5 Å². The predicted octanol–water partition coefficient (Wildman–Crippen LogP) is 4.31. The Balaban J connectivity index is 1.53. The number of ether oxygens (including phenoxy) is 2. The second kappa shape index (κ2) is 5.94. The third-order valence-corrected chi connectivity index (χ3v) is 7.66. The molecule has 0 aromatic heterocycles. The Morgan fingerprint density at radius 2 is 1.55 bits per heavy atom. The standard InChI is InChI=1S/C25H24O4/c1-2-3-12-19-22-21(23(26)28-19)25(24(27)29-22)13-18-14-8-4-6-10-16(14)20(25)17-11-7-5-9-15(17)18/h4-11,18-22H,2-3,12-13H2,1H3/t18?,19-,20?,21+,22+,25+/m0/s1. The van der Waals surface area contributed by atoms with Crippen LogP contribution in [0.25, 0.3) is 0 Å². The van der Waals surface area contributed by atoms with Gasteiger partial charge in [-0.25, -0.2) is 0 Å². The number of esters is 2. The van der Waals surface area contributed by atoms with Gasteiger partial charge < -0.3 is 9.47 Å². The van der Waals surface area contributed by atoms with Crippen LogP contribution in [0.3, 0.4) is 0 Å². The van der Waals surface area contributed by atoms with E-state index >= 15 is 0 Å². The lowest BCUT2D eigenvalue weighted by Crippen LogP contribution is -2.50. The molecule has 2 aliphatic heterocycles. The highest BCUT2D eigenvalue weighted by molar-refractivity contribution is 5.93. The Bertz CT molecular complexity index is 979. The molecule has 148 valence electrons. The summed E-state index contributed by atoms with van der Waals surface area (Å²) in [6.45, 7) is 2.12. The second-order valence-electron chi connectivity index (χ2n) is 8.95. The molecule has 3 aliphatic carbocycles. The van der Waals surface area contributed by atoms with E-state index in [0.717, 1.165) is 19.3 Å². The maximum absolute atomic E-state index is 13.5. The molecule has 0 unspecified atom stereocenters. The van der Waals surface area contributed by atoms with Crippen LogP contribution in [-0.2, 0) is 19.1 Å². The van der Waals surface area contributed by atoms with Gasteiger partial charge in [-0.1, -0.05) is 61.9 Å². The molecule has 0 N–H and O–H groups in total. The monoisotopic (exact) mass is 388 g/mol. The number of benzene rings is 2. The van der Waals surface area contributed by atoms with E-state index in [2.05, 4.69) is 43.3 Å². The minimum atomic E-state index is -0.851. The molecule has 1 spiro atoms. The first-order chi connectivity index (χ1) is 14.2. The lowest BCUT2D eigenvalue weighted by Gasteiger charge is -2.50. The number of fused-ring (bicyclic) bond motifs is 1. The van der Waals surface area contributed by atoms with E-state index in [9.17, 15) is 9.59 Å². The fraction of sp³-hybridized carbons (Fsp3) is 0.440. The van der Waals surface area contributed by atoms with Gasteiger partial charge in [0.25, 0.3) is 0 Å². The Labute approximate surface area is 170 Å². The van der Waals surface area contributed by atoms with Crippen LogP contribution in [0.4, 0.5) is 0 Å². The highest BCUT2D eigenvalue weighted by atomic mass is 16.6. The maximum Gasteiger partial charge on any atom is 0.314 e. The van der Waals surface area contributed by atoms with E-state index in [1.54, 1.807) is 0 Å². The first-order valence-electron chi connectivity index (χ1n) is 10.8. The van der Waals surface area contributed by atoms with Crippen LogP contribution in [0.5, 0.6) is 0 Å². The molecule has 0 radical (unpaired) electrons. The van der Waals surface area contributed by atoms with Crippen molar-refractivity contribution in [2.75, 3.05) is 0 Å². The molecule has 4 heteroatoms. The van der Waals surface area contributed by atoms with E-state index in [1.165, 1.54) is 22.3 Å². The topological polar surface area (TPSA) is 52.6 Å². The van der Waals surface area contributed by atoms with Crippen LogP contribution in [0.1, 0.15) is 66.7 Å². The first-order valence-corrected chi connectivity index (χ1v) is 10.8. The minimum absolute atomic E-state index is 0.112. The van der Waals surface area contributed by atoms with Crippen LogP contribution in [0.15, 0.2) is 48.5 Å². The van der Waals surface area contributed by atoms with Crippen molar-refractivity contribution in [3.05, 3.63) is 70.8 Å². The number of hydrogen-bond donors (Lipinski definition) is 0. The molecule has 29 heavy (non-hydrogen) atoms. The third kappa shape index (κ3) is 2.04. The Morgan fingerprint density at radius 3 is 2.17 bits per heavy atom. The molecule has 0 saturated carbocycles. The van der Waals surface area contributed by atoms with Gasteiger partial charge in [0, 0.05) is 11.8 Å². The average Bonchev–Trinajstić information content (AvgIpc) is 3.21. The maximum atomic E-state index is 13.5. The number of unbranched alkanes of at least 4 members (excludes halogenated alkanes) is 1. The van der Waals surface area contributed by atoms with Crippen molar-refractivity contribution >= 4 is 11.9 Å². The summed E-state index contributed by atoms with van der Waals surface area (Å²) < 4.78 is 11.7. The molecule has 4 atom stereocenters. The second-order valence-corrected chi connectivity index (χ2v) is 8.95. The molecule has 0 amide bonds. The fourth-order valence-corrected chi connectivity index (χ4v) is 6.53. The van der Waals surface area contributed by atoms with Crippen LogP contribution in [0.2, 0.25) is 0 Å². The molecule has 2 aromatic rings. The van der Waals surface area contributed by atoms with E-state index in [0.29, 0.717) is 6.42 Å². The molecular formula is C25H24O4. The Morgan fingerprint density at radius 1 is 0.931 bits per heavy atom. The number of hydrogen-bond acceptors (Lipinski definition) is 4. The normalized spacial score (nSPS) is 35.8. The van der Waals surface area contributed by atoms with Gasteiger partial charge in [-0.2, -0.15) is 0 Å². The number of carbonyl (C=O) groups excluding carboxylic acids is 2. The summed E-state index contributed by atoms with van der Waals surface area (Å²) in [5.41, 5.74) is 4.06. The van der Waals surface area contributed by atoms with E-state index in [4.69, 9.17) is 9.47 Å². The summed E-state index contributed by atoms with van der Waals surface area (Å²) in [6, 6.07) is 16.8. The lowest BCUT2D eigenvalue weighted by atomic mass is 9.48. The number of rotatable bonds is 3. The smallest absolute Gasteiger partial charge is 0.314 e. The van der Waals surface area contributed by atoms with Gasteiger partial charge >= 0.3 is 11.9 Å². The third-order valence-electron chi connectivity index (χ3n) is 7.66. The molecule has 7 rings (SSSR count). The van der Waals surface area contributed by atoms with Gasteiger partial charge in [0.1, 0.15) is 12.0 Å². The van der Waals surface area contributed by atoms with E-state index < -0.39 is 17.4 Å². The summed E-state index contributed by atoms with van der Waals surface area (Å²) >= 11 is 0. The minimum Gasteiger partial charge on any atom is -0.458 e. The molecule has 5 aliphatic rings. The van der Waals surface area contributed by atoms with Crippen LogP contribution >= 0.6 is 0 Å². The van der Waals surface area contributed by atoms with Crippen molar-refractivity contribution in [3.63, 3.8) is 0 Å². The Kier molecular flexibility index (Phi) is 3.54. The molecule has 4 nitrogen and oxygen atoms in total. The molecule has 2 heterocycles. The van der Waals surface area contributed by atoms with Gasteiger partial charge in [-0.15, -0.1) is 0 Å². The zero-order valence-electron chi connectivity index (χ0n) is 16.5. The van der Waals surface area contributed by atoms with Crippen LogP contribution < -0.4 is 0 Å². The van der Waals surface area contributed by atoms with Crippen molar-refractivity contribution in [3.8, 4) is 0 Å². The highest BCUT2D eigenvalue weighted by Crippen LogP contribution is 2.67. The van der Waals surface area contributed by atoms with Gasteiger partial charge in [-0.3, -0.25) is 9.59 Å². The Hall–Kier alpha value is -2.62. The zero-order chi connectivity index (χ0) is 19.8. The number of cyclic esters (lactones) is 1. The van der Waals surface area contributed by atoms with Gasteiger partial charge in [0.15, 0.2) is 6.10 Å². The molecule has 2 bridgehead atoms. The van der Waals surface area contributed by atoms with E-state index in [1.807, 2.05) is 12.1 Å². The first kappa shape index (κ1) is 17.3. The lowest BCUT2D eigenvalue weighted by molar-refractivity contribution is -0.162. The van der Waals surface area contributed by atoms with Crippen LogP contribution in [-0.4, -0.2) is 24.1 Å². The van der Waals surface area contributed by atoms with Gasteiger partial charge in [0.2, 0.25) is 0 Å². The van der Waals surface area contributed by atoms with Crippen molar-refractivity contribution in [1.29, 1.82) is 0 Å². The van der Waals surface area contributed by atoms with Crippen molar-refractivity contribution in [2.24, 2.45) is 11.3 Å². The summed E-state index contributed by atoms with van der Waals surface area (Å²) in [4.78, 5) is 26.6. The quantitative estimate of drug-likeness (QED) is 0.735. The molecule has 2 saturated heterocycles. The molecule has 2 aromatic carbocycles. The summed E-state index contributed by atoms with van der Waals surface area (Å²) in [6.07, 6.45) is 2.62. The summed E-state index contributed by atoms with van der Waals surface area (Å²) in [7, 11) is 0. The van der Waals surface area contributed by atoms with Crippen LogP contribution in [0, 0.1) is 11.3 Å². The molecule has 2 fully saturated rings. The largest absolute Gasteiger partial charge is 0.458 e. The van der Waals surface area contributed by atoms with E-state index in [-0.39, 0.29) is 29.9 Å². The zero-order valence-corrected chi connectivity index (χ0v) is 16.5. The van der Waals surface area contributed by atoms with Gasteiger partial charge in [0.05, 0.1) is 5.41 Å². The predicted molar refractivity (Wildman–Crippen MR) is 106 cm³/mol. The summed E-state index contributed by atoms with van der Waals surface area (Å²) in [5, 5.41) is 0. The van der Waals surface area contributed by atoms with Crippen molar-refractivity contribution in [2.45, 2.75) is 56.7 Å². The highest BCUT2D eigenvalue weighted by Gasteiger charge is 2.72. The SMILES string of the molecule is CCCC[C@@H]1OC(=O)[C@H]2[C@@H]1OC(=O)[C@@]21CC2c3ccccc3C1c1ccccc12. The fourth-order valence-electron chi connectivity index (χ4n) is 6.53. The van der Waals surface area contributed by atoms with Crippen molar-refractivity contribution in [1.82, 2.24) is 0 Å². The number of carbonyl (C=O) groups is 2. The summed E-state index contributed by atoms with van der Waals surface area (Å²) in [5.74, 6) is -0.999. The molecular weight excluding hydrogens is 364 g/mol. The van der Waals surface area contributed by atoms with Crippen molar-refractivity contribution < 1.29 is 19.1 Å².